The first-order valence-electron chi connectivity index (χ1n) is 7.23. The summed E-state index contributed by atoms with van der Waals surface area (Å²) in [5, 5.41) is 12.6. The number of aryl methyl sites for hydroxylation is 2. The Labute approximate surface area is 119 Å². The molecule has 4 heteroatoms. The maximum absolute atomic E-state index is 12.1. The van der Waals surface area contributed by atoms with Crippen LogP contribution in [0.15, 0.2) is 6.07 Å². The third-order valence-corrected chi connectivity index (χ3v) is 4.85. The Morgan fingerprint density at radius 3 is 2.84 bits per heavy atom. The van der Waals surface area contributed by atoms with Crippen molar-refractivity contribution in [2.45, 2.75) is 52.1 Å². The van der Waals surface area contributed by atoms with Crippen LogP contribution in [0.2, 0.25) is 0 Å². The summed E-state index contributed by atoms with van der Waals surface area (Å²) in [6.07, 6.45) is 4.95. The van der Waals surface area contributed by atoms with E-state index in [1.807, 2.05) is 6.07 Å². The molecule has 2 rings (SSSR count). The quantitative estimate of drug-likeness (QED) is 0.807. The van der Waals surface area contributed by atoms with E-state index >= 15 is 0 Å². The second kappa shape index (κ2) is 6.53. The minimum absolute atomic E-state index is 0.0400. The van der Waals surface area contributed by atoms with E-state index in [9.17, 15) is 9.90 Å². The molecule has 106 valence electrons. The van der Waals surface area contributed by atoms with Gasteiger partial charge in [0.2, 0.25) is 0 Å². The van der Waals surface area contributed by atoms with Crippen molar-refractivity contribution in [1.29, 1.82) is 0 Å². The Balaban J connectivity index is 1.93. The van der Waals surface area contributed by atoms with Crippen LogP contribution in [0.5, 0.6) is 0 Å². The summed E-state index contributed by atoms with van der Waals surface area (Å²) in [5.41, 5.74) is 1.29. The molecule has 1 atom stereocenters. The summed E-state index contributed by atoms with van der Waals surface area (Å²) in [4.78, 5) is 14.2. The third kappa shape index (κ3) is 3.80. The number of rotatable bonds is 7. The van der Waals surface area contributed by atoms with Gasteiger partial charge in [-0.2, -0.15) is 0 Å². The van der Waals surface area contributed by atoms with E-state index in [2.05, 4.69) is 19.2 Å². The molecule has 2 N–H and O–H groups in total. The molecule has 1 aromatic heterocycles. The maximum atomic E-state index is 12.1. The van der Waals surface area contributed by atoms with Crippen LogP contribution in [0.3, 0.4) is 0 Å². The normalized spacial score (nSPS) is 16.4. The lowest BCUT2D eigenvalue weighted by Gasteiger charge is -2.09. The molecule has 1 aromatic rings. The Morgan fingerprint density at radius 2 is 2.26 bits per heavy atom. The maximum Gasteiger partial charge on any atom is 0.261 e. The predicted molar refractivity (Wildman–Crippen MR) is 78.8 cm³/mol. The zero-order valence-corrected chi connectivity index (χ0v) is 12.6. The van der Waals surface area contributed by atoms with E-state index in [0.29, 0.717) is 12.5 Å². The lowest BCUT2D eigenvalue weighted by Crippen LogP contribution is -2.32. The van der Waals surface area contributed by atoms with Crippen LogP contribution in [0.25, 0.3) is 0 Å². The van der Waals surface area contributed by atoms with E-state index in [4.69, 9.17) is 0 Å². The number of thiophene rings is 1. The molecule has 0 radical (unpaired) electrons. The number of nitrogens with one attached hydrogen (secondary N) is 1. The molecule has 1 saturated carbocycles. The minimum atomic E-state index is -0.371. The van der Waals surface area contributed by atoms with Crippen LogP contribution in [0, 0.1) is 5.92 Å². The van der Waals surface area contributed by atoms with Gasteiger partial charge in [0.15, 0.2) is 0 Å². The summed E-state index contributed by atoms with van der Waals surface area (Å²) >= 11 is 1.60. The van der Waals surface area contributed by atoms with Gasteiger partial charge in [-0.05, 0) is 43.2 Å². The second-order valence-corrected chi connectivity index (χ2v) is 6.41. The van der Waals surface area contributed by atoms with Crippen LogP contribution in [0.1, 0.15) is 53.2 Å². The van der Waals surface area contributed by atoms with Gasteiger partial charge in [0.25, 0.3) is 5.91 Å². The molecule has 0 aliphatic heterocycles. The van der Waals surface area contributed by atoms with Crippen LogP contribution in [-0.2, 0) is 12.8 Å². The van der Waals surface area contributed by atoms with Gasteiger partial charge in [-0.25, -0.2) is 0 Å². The van der Waals surface area contributed by atoms with E-state index < -0.39 is 0 Å². The van der Waals surface area contributed by atoms with E-state index in [0.717, 1.165) is 37.0 Å². The molecule has 1 aliphatic rings. The van der Waals surface area contributed by atoms with Gasteiger partial charge >= 0.3 is 0 Å². The van der Waals surface area contributed by atoms with Gasteiger partial charge in [0.05, 0.1) is 11.0 Å². The summed E-state index contributed by atoms with van der Waals surface area (Å²) in [6, 6.07) is 2.01. The second-order valence-electron chi connectivity index (χ2n) is 5.28. The molecule has 1 fully saturated rings. The fourth-order valence-corrected chi connectivity index (χ4v) is 3.52. The van der Waals surface area contributed by atoms with Crippen molar-refractivity contribution in [2.24, 2.45) is 5.92 Å². The van der Waals surface area contributed by atoms with Crippen molar-refractivity contribution in [2.75, 3.05) is 6.54 Å². The lowest BCUT2D eigenvalue weighted by molar-refractivity contribution is 0.0905. The topological polar surface area (TPSA) is 49.3 Å². The summed E-state index contributed by atoms with van der Waals surface area (Å²) in [5.74, 6) is 0.368. The van der Waals surface area contributed by atoms with E-state index in [1.165, 1.54) is 10.4 Å². The fraction of sp³-hybridized carbons (Fsp3) is 0.667. The van der Waals surface area contributed by atoms with E-state index in [1.54, 1.807) is 11.3 Å². The Bertz CT molecular complexity index is 437. The van der Waals surface area contributed by atoms with Crippen LogP contribution >= 0.6 is 11.3 Å². The van der Waals surface area contributed by atoms with Crippen molar-refractivity contribution in [3.05, 3.63) is 21.4 Å². The largest absolute Gasteiger partial charge is 0.391 e. The van der Waals surface area contributed by atoms with Crippen molar-refractivity contribution >= 4 is 17.2 Å². The summed E-state index contributed by atoms with van der Waals surface area (Å²) < 4.78 is 0. The highest BCUT2D eigenvalue weighted by Gasteiger charge is 2.29. The Kier molecular flexibility index (Phi) is 4.99. The molecule has 0 spiro atoms. The average Bonchev–Trinajstić information content (AvgIpc) is 3.18. The zero-order valence-electron chi connectivity index (χ0n) is 11.7. The zero-order chi connectivity index (χ0) is 13.8. The standard InChI is InChI=1S/C15H23NO2S/c1-3-5-13-10(4-2)8-14(19-13)15(18)16-9-12(17)11-6-7-11/h8,11-12,17H,3-7,9H2,1-2H3,(H,16,18). The third-order valence-electron chi connectivity index (χ3n) is 3.62. The highest BCUT2D eigenvalue weighted by Crippen LogP contribution is 2.32. The van der Waals surface area contributed by atoms with Gasteiger partial charge in [-0.1, -0.05) is 20.3 Å². The molecular formula is C15H23NO2S. The fourth-order valence-electron chi connectivity index (χ4n) is 2.25. The average molecular weight is 281 g/mol. The molecule has 1 unspecified atom stereocenters. The number of hydrogen-bond donors (Lipinski definition) is 2. The number of hydrogen-bond acceptors (Lipinski definition) is 3. The van der Waals surface area contributed by atoms with E-state index in [-0.39, 0.29) is 12.0 Å². The van der Waals surface area contributed by atoms with Gasteiger partial charge in [0.1, 0.15) is 0 Å². The molecular weight excluding hydrogens is 258 g/mol. The predicted octanol–water partition coefficient (Wildman–Crippen LogP) is 2.76. The Hall–Kier alpha value is -0.870. The molecule has 1 heterocycles. The highest BCUT2D eigenvalue weighted by atomic mass is 32.1. The van der Waals surface area contributed by atoms with Gasteiger partial charge in [-0.15, -0.1) is 11.3 Å². The smallest absolute Gasteiger partial charge is 0.261 e. The van der Waals surface area contributed by atoms with Gasteiger partial charge in [-0.3, -0.25) is 4.79 Å². The molecule has 1 amide bonds. The lowest BCUT2D eigenvalue weighted by atomic mass is 10.1. The molecule has 0 bridgehead atoms. The SMILES string of the molecule is CCCc1sc(C(=O)NCC(O)C2CC2)cc1CC. The minimum Gasteiger partial charge on any atom is -0.391 e. The Morgan fingerprint density at radius 1 is 1.53 bits per heavy atom. The van der Waals surface area contributed by atoms with Crippen molar-refractivity contribution in [3.63, 3.8) is 0 Å². The molecule has 0 aromatic carbocycles. The number of aliphatic hydroxyl groups is 1. The van der Waals surface area contributed by atoms with Crippen molar-refractivity contribution in [3.8, 4) is 0 Å². The summed E-state index contributed by atoms with van der Waals surface area (Å²) in [7, 11) is 0. The highest BCUT2D eigenvalue weighted by molar-refractivity contribution is 7.14. The number of amides is 1. The van der Waals surface area contributed by atoms with Crippen LogP contribution in [0.4, 0.5) is 0 Å². The molecule has 1 aliphatic carbocycles. The van der Waals surface area contributed by atoms with Crippen LogP contribution in [-0.4, -0.2) is 23.7 Å². The van der Waals surface area contributed by atoms with Crippen molar-refractivity contribution in [1.82, 2.24) is 5.32 Å². The number of aliphatic hydroxyl groups excluding tert-OH is 1. The number of carbonyl (C=O) groups is 1. The van der Waals surface area contributed by atoms with Gasteiger partial charge in [0, 0.05) is 11.4 Å². The molecule has 0 saturated heterocycles. The first-order chi connectivity index (χ1) is 9.15. The summed E-state index contributed by atoms with van der Waals surface area (Å²) in [6.45, 7) is 4.66. The monoisotopic (exact) mass is 281 g/mol. The van der Waals surface area contributed by atoms with Crippen molar-refractivity contribution < 1.29 is 9.90 Å². The molecule has 19 heavy (non-hydrogen) atoms. The first-order valence-corrected chi connectivity index (χ1v) is 8.05. The van der Waals surface area contributed by atoms with Crippen LogP contribution < -0.4 is 5.32 Å². The van der Waals surface area contributed by atoms with Gasteiger partial charge < -0.3 is 10.4 Å². The molecule has 3 nitrogen and oxygen atoms in total. The number of carbonyl (C=O) groups excluding carboxylic acids is 1. The first kappa shape index (κ1) is 14.5.